The lowest BCUT2D eigenvalue weighted by molar-refractivity contribution is 0.250. The number of carbonyl (C=O) groups excluding carboxylic acids is 1. The molecule has 0 radical (unpaired) electrons. The van der Waals surface area contributed by atoms with E-state index in [2.05, 4.69) is 40.8 Å². The van der Waals surface area contributed by atoms with Crippen molar-refractivity contribution in [2.75, 3.05) is 10.6 Å². The maximum Gasteiger partial charge on any atom is 0.319 e. The molecule has 2 rings (SSSR count). The highest BCUT2D eigenvalue weighted by Gasteiger charge is 2.07. The highest BCUT2D eigenvalue weighted by molar-refractivity contribution is 5.89. The van der Waals surface area contributed by atoms with E-state index in [1.54, 1.807) is 6.20 Å². The zero-order valence-corrected chi connectivity index (χ0v) is 14.1. The van der Waals surface area contributed by atoms with Crippen LogP contribution in [0.1, 0.15) is 39.2 Å². The Morgan fingerprint density at radius 2 is 1.78 bits per heavy atom. The smallest absolute Gasteiger partial charge is 0.319 e. The van der Waals surface area contributed by atoms with Crippen LogP contribution in [-0.4, -0.2) is 17.1 Å². The van der Waals surface area contributed by atoms with E-state index in [9.17, 15) is 4.79 Å². The molecule has 0 saturated heterocycles. The number of urea groups is 1. The van der Waals surface area contributed by atoms with E-state index in [0.29, 0.717) is 11.6 Å². The third kappa shape index (κ3) is 4.98. The molecular formula is C18H24N4O. The molecule has 3 N–H and O–H groups in total. The Morgan fingerprint density at radius 1 is 1.04 bits per heavy atom. The van der Waals surface area contributed by atoms with Gasteiger partial charge in [-0.1, -0.05) is 32.0 Å². The van der Waals surface area contributed by atoms with Crippen LogP contribution in [0.3, 0.4) is 0 Å². The van der Waals surface area contributed by atoms with Gasteiger partial charge >= 0.3 is 6.03 Å². The van der Waals surface area contributed by atoms with Crippen molar-refractivity contribution in [1.29, 1.82) is 0 Å². The summed E-state index contributed by atoms with van der Waals surface area (Å²) in [5.74, 6) is 1.17. The molecular weight excluding hydrogens is 288 g/mol. The van der Waals surface area contributed by atoms with Gasteiger partial charge in [0.25, 0.3) is 0 Å². The van der Waals surface area contributed by atoms with E-state index < -0.39 is 0 Å². The van der Waals surface area contributed by atoms with Crippen molar-refractivity contribution >= 4 is 23.2 Å². The summed E-state index contributed by atoms with van der Waals surface area (Å²) in [6.07, 6.45) is 1.64. The van der Waals surface area contributed by atoms with Crippen LogP contribution in [0.5, 0.6) is 0 Å². The summed E-state index contributed by atoms with van der Waals surface area (Å²) in [7, 11) is 0. The monoisotopic (exact) mass is 312 g/mol. The molecule has 0 spiro atoms. The summed E-state index contributed by atoms with van der Waals surface area (Å²) in [6, 6.07) is 11.7. The summed E-state index contributed by atoms with van der Waals surface area (Å²) in [5.41, 5.74) is 2.95. The Bertz CT molecular complexity index is 650. The van der Waals surface area contributed by atoms with Gasteiger partial charge in [-0.3, -0.25) is 0 Å². The Kier molecular flexibility index (Phi) is 5.57. The number of benzene rings is 1. The predicted octanol–water partition coefficient (Wildman–Crippen LogP) is 4.48. The number of hydrogen-bond donors (Lipinski definition) is 3. The number of nitrogens with one attached hydrogen (secondary N) is 3. The summed E-state index contributed by atoms with van der Waals surface area (Å²) in [6.45, 7) is 8.15. The topological polar surface area (TPSA) is 66.1 Å². The highest BCUT2D eigenvalue weighted by Crippen LogP contribution is 2.26. The first-order valence-corrected chi connectivity index (χ1v) is 7.85. The minimum absolute atomic E-state index is 0.0939. The van der Waals surface area contributed by atoms with Gasteiger partial charge in [0.05, 0.1) is 11.9 Å². The zero-order chi connectivity index (χ0) is 16.8. The molecule has 1 aromatic carbocycles. The molecule has 5 nitrogen and oxygen atoms in total. The molecule has 23 heavy (non-hydrogen) atoms. The summed E-state index contributed by atoms with van der Waals surface area (Å²) < 4.78 is 0. The SMILES string of the molecule is CC(C)NC(=O)Nc1ccc(Nc2ccccc2C(C)C)nc1. The molecule has 0 unspecified atom stereocenters. The molecule has 2 aromatic rings. The summed E-state index contributed by atoms with van der Waals surface area (Å²) in [4.78, 5) is 16.0. The Labute approximate surface area is 137 Å². The second kappa shape index (κ2) is 7.63. The van der Waals surface area contributed by atoms with Gasteiger partial charge in [-0.15, -0.1) is 0 Å². The molecule has 0 saturated carbocycles. The van der Waals surface area contributed by atoms with Gasteiger partial charge in [0.1, 0.15) is 5.82 Å². The predicted molar refractivity (Wildman–Crippen MR) is 95.3 cm³/mol. The van der Waals surface area contributed by atoms with Crippen LogP contribution in [0, 0.1) is 0 Å². The average molecular weight is 312 g/mol. The third-order valence-electron chi connectivity index (χ3n) is 3.29. The standard InChI is InChI=1S/C18H24N4O/c1-12(2)15-7-5-6-8-16(15)22-17-10-9-14(11-19-17)21-18(23)20-13(3)4/h5-13H,1-4H3,(H,19,22)(H2,20,21,23). The quantitative estimate of drug-likeness (QED) is 0.762. The van der Waals surface area contributed by atoms with Crippen molar-refractivity contribution in [2.45, 2.75) is 39.7 Å². The van der Waals surface area contributed by atoms with Crippen molar-refractivity contribution < 1.29 is 4.79 Å². The molecule has 5 heteroatoms. The number of rotatable bonds is 5. The molecule has 2 amide bonds. The molecule has 0 fully saturated rings. The van der Waals surface area contributed by atoms with E-state index in [1.807, 2.05) is 44.2 Å². The fourth-order valence-corrected chi connectivity index (χ4v) is 2.22. The lowest BCUT2D eigenvalue weighted by atomic mass is 10.0. The number of anilines is 3. The van der Waals surface area contributed by atoms with E-state index in [4.69, 9.17) is 0 Å². The molecule has 122 valence electrons. The number of nitrogens with zero attached hydrogens (tertiary/aromatic N) is 1. The van der Waals surface area contributed by atoms with Gasteiger partial charge in [-0.25, -0.2) is 9.78 Å². The van der Waals surface area contributed by atoms with Crippen LogP contribution >= 0.6 is 0 Å². The Morgan fingerprint density at radius 3 is 2.39 bits per heavy atom. The van der Waals surface area contributed by atoms with E-state index in [-0.39, 0.29) is 12.1 Å². The van der Waals surface area contributed by atoms with Crippen molar-refractivity contribution in [1.82, 2.24) is 10.3 Å². The first kappa shape index (κ1) is 16.8. The van der Waals surface area contributed by atoms with Gasteiger partial charge in [0.15, 0.2) is 0 Å². The lowest BCUT2D eigenvalue weighted by Gasteiger charge is -2.14. The number of pyridine rings is 1. The maximum atomic E-state index is 11.7. The number of carbonyl (C=O) groups is 1. The van der Waals surface area contributed by atoms with Gasteiger partial charge in [-0.05, 0) is 43.5 Å². The summed E-state index contributed by atoms with van der Waals surface area (Å²) in [5, 5.41) is 8.85. The normalized spacial score (nSPS) is 10.7. The molecule has 1 aromatic heterocycles. The van der Waals surface area contributed by atoms with Gasteiger partial charge in [0.2, 0.25) is 0 Å². The molecule has 0 atom stereocenters. The van der Waals surface area contributed by atoms with Gasteiger partial charge in [0, 0.05) is 11.7 Å². The minimum Gasteiger partial charge on any atom is -0.340 e. The molecule has 0 aliphatic rings. The van der Waals surface area contributed by atoms with Crippen LogP contribution in [0.2, 0.25) is 0 Å². The average Bonchev–Trinajstić information content (AvgIpc) is 2.48. The second-order valence-corrected chi connectivity index (χ2v) is 6.05. The van der Waals surface area contributed by atoms with Gasteiger partial charge in [-0.2, -0.15) is 0 Å². The van der Waals surface area contributed by atoms with E-state index in [0.717, 1.165) is 11.5 Å². The van der Waals surface area contributed by atoms with E-state index in [1.165, 1.54) is 5.56 Å². The maximum absolute atomic E-state index is 11.7. The molecule has 0 bridgehead atoms. The largest absolute Gasteiger partial charge is 0.340 e. The highest BCUT2D eigenvalue weighted by atomic mass is 16.2. The zero-order valence-electron chi connectivity index (χ0n) is 14.1. The van der Waals surface area contributed by atoms with Crippen molar-refractivity contribution in [3.8, 4) is 0 Å². The Hall–Kier alpha value is -2.56. The molecule has 0 aliphatic heterocycles. The van der Waals surface area contributed by atoms with Crippen LogP contribution < -0.4 is 16.0 Å². The fraction of sp³-hybridized carbons (Fsp3) is 0.333. The van der Waals surface area contributed by atoms with Crippen molar-refractivity contribution in [2.24, 2.45) is 0 Å². The molecule has 0 aliphatic carbocycles. The minimum atomic E-state index is -0.229. The van der Waals surface area contributed by atoms with Crippen LogP contribution in [0.15, 0.2) is 42.6 Å². The second-order valence-electron chi connectivity index (χ2n) is 6.05. The van der Waals surface area contributed by atoms with Crippen molar-refractivity contribution in [3.63, 3.8) is 0 Å². The van der Waals surface area contributed by atoms with Gasteiger partial charge < -0.3 is 16.0 Å². The van der Waals surface area contributed by atoms with Crippen LogP contribution in [-0.2, 0) is 0 Å². The number of amides is 2. The fourth-order valence-electron chi connectivity index (χ4n) is 2.22. The Balaban J connectivity index is 2.05. The number of hydrogen-bond acceptors (Lipinski definition) is 3. The number of aromatic nitrogens is 1. The third-order valence-corrected chi connectivity index (χ3v) is 3.29. The first-order chi connectivity index (χ1) is 11.0. The molecule has 1 heterocycles. The van der Waals surface area contributed by atoms with E-state index >= 15 is 0 Å². The van der Waals surface area contributed by atoms with Crippen LogP contribution in [0.25, 0.3) is 0 Å². The first-order valence-electron chi connectivity index (χ1n) is 7.85. The van der Waals surface area contributed by atoms with Crippen molar-refractivity contribution in [3.05, 3.63) is 48.2 Å². The number of para-hydroxylation sites is 1. The summed E-state index contributed by atoms with van der Waals surface area (Å²) >= 11 is 0. The van der Waals surface area contributed by atoms with Crippen LogP contribution in [0.4, 0.5) is 22.0 Å². The lowest BCUT2D eigenvalue weighted by Crippen LogP contribution is -2.34.